The van der Waals surface area contributed by atoms with Gasteiger partial charge in [-0.2, -0.15) is 5.26 Å². The average molecular weight is 568 g/mol. The normalized spacial score (nSPS) is 19.0. The summed E-state index contributed by atoms with van der Waals surface area (Å²) < 4.78 is 13.3. The highest BCUT2D eigenvalue weighted by Crippen LogP contribution is 2.29. The number of nitrogens with one attached hydrogen (secondary N) is 2. The summed E-state index contributed by atoms with van der Waals surface area (Å²) in [6.45, 7) is 3.82. The largest absolute Gasteiger partial charge is 0.381 e. The van der Waals surface area contributed by atoms with Crippen LogP contribution in [0.4, 0.5) is 21.8 Å². The summed E-state index contributed by atoms with van der Waals surface area (Å²) in [5.74, 6) is 0.790. The fraction of sp³-hybridized carbons (Fsp3) is 0.323. The molecule has 2 aromatic heterocycles. The lowest BCUT2D eigenvalue weighted by atomic mass is 9.94. The number of aromatic nitrogens is 3. The molecule has 1 fully saturated rings. The molecule has 0 bridgehead atoms. The Morgan fingerprint density at radius 2 is 2.07 bits per heavy atom. The van der Waals surface area contributed by atoms with E-state index in [4.69, 9.17) is 16.5 Å². The van der Waals surface area contributed by atoms with Gasteiger partial charge < -0.3 is 27.0 Å². The predicted molar refractivity (Wildman–Crippen MR) is 160 cm³/mol. The molecule has 1 aromatic carbocycles. The number of nitrogens with zero attached hydrogens (tertiary/aromatic N) is 5. The van der Waals surface area contributed by atoms with Crippen molar-refractivity contribution >= 4 is 23.4 Å². The van der Waals surface area contributed by atoms with E-state index in [1.165, 1.54) is 24.4 Å². The summed E-state index contributed by atoms with van der Waals surface area (Å²) in [4.78, 5) is 28.9. The van der Waals surface area contributed by atoms with Gasteiger partial charge in [-0.15, -0.1) is 0 Å². The van der Waals surface area contributed by atoms with E-state index < -0.39 is 0 Å². The number of hydrogen-bond donors (Lipinski definition) is 4. The molecule has 3 heterocycles. The van der Waals surface area contributed by atoms with E-state index in [1.54, 1.807) is 18.3 Å². The number of nitrogens with two attached hydrogens (primary N) is 2. The van der Waals surface area contributed by atoms with Gasteiger partial charge in [0.2, 0.25) is 0 Å². The molecule has 1 saturated heterocycles. The van der Waals surface area contributed by atoms with Crippen molar-refractivity contribution in [3.63, 3.8) is 0 Å². The Kier molecular flexibility index (Phi) is 8.74. The number of carbonyl (C=O) groups is 1. The minimum Gasteiger partial charge on any atom is -0.381 e. The molecule has 2 unspecified atom stereocenters. The van der Waals surface area contributed by atoms with Crippen LogP contribution >= 0.6 is 0 Å². The van der Waals surface area contributed by atoms with Crippen molar-refractivity contribution in [1.29, 1.82) is 5.26 Å². The number of pyridine rings is 1. The van der Waals surface area contributed by atoms with Crippen LogP contribution in [0.3, 0.4) is 0 Å². The molecule has 1 aliphatic heterocycles. The number of benzene rings is 1. The molecule has 1 aliphatic carbocycles. The summed E-state index contributed by atoms with van der Waals surface area (Å²) in [6.07, 6.45) is 12.1. The van der Waals surface area contributed by atoms with Crippen molar-refractivity contribution in [2.24, 2.45) is 5.73 Å². The minimum absolute atomic E-state index is 0.0568. The standard InChI is InChI=1S/C31H34FN9O/c1-19(22-8-10-24(32)11-9-22)39-31(42)26-13-21(14-33)16-38-29(26)37-15-20-4-6-23(7-5-20)27-17-36-28(35)30(40-27)41-12-2-3-25(34)18-41/h4-6,8-11,13,16-17,19,23,25H,2-3,7,12,15,18,34H2,1H3,(H2,35,36)(H,37,38)(H,39,42)/t19?,23?,25-/m1/s1. The Balaban J connectivity index is 1.24. The lowest BCUT2D eigenvalue weighted by Crippen LogP contribution is -2.43. The van der Waals surface area contributed by atoms with Gasteiger partial charge in [-0.3, -0.25) is 4.79 Å². The van der Waals surface area contributed by atoms with Crippen molar-refractivity contribution < 1.29 is 9.18 Å². The molecular weight excluding hydrogens is 533 g/mol. The van der Waals surface area contributed by atoms with Crippen molar-refractivity contribution in [1.82, 2.24) is 20.3 Å². The topological polar surface area (TPSA) is 159 Å². The number of amides is 1. The number of allylic oxidation sites excluding steroid dienone is 2. The molecular formula is C31H34FN9O. The third-order valence-electron chi connectivity index (χ3n) is 7.55. The second-order valence-corrected chi connectivity index (χ2v) is 10.7. The van der Waals surface area contributed by atoms with E-state index in [2.05, 4.69) is 37.7 Å². The van der Waals surface area contributed by atoms with Crippen molar-refractivity contribution in [2.75, 3.05) is 35.6 Å². The first-order valence-electron chi connectivity index (χ1n) is 14.0. The molecule has 3 aromatic rings. The van der Waals surface area contributed by atoms with Crippen molar-refractivity contribution in [3.05, 3.63) is 94.7 Å². The maximum absolute atomic E-state index is 13.3. The van der Waals surface area contributed by atoms with Gasteiger partial charge in [-0.25, -0.2) is 19.3 Å². The number of carbonyl (C=O) groups excluding carboxylic acids is 1. The Morgan fingerprint density at radius 1 is 1.26 bits per heavy atom. The Labute approximate surface area is 244 Å². The van der Waals surface area contributed by atoms with Gasteiger partial charge in [-0.05, 0) is 55.5 Å². The number of halogens is 1. The van der Waals surface area contributed by atoms with E-state index >= 15 is 0 Å². The quantitative estimate of drug-likeness (QED) is 0.316. The first kappa shape index (κ1) is 28.7. The average Bonchev–Trinajstić information content (AvgIpc) is 3.00. The zero-order valence-electron chi connectivity index (χ0n) is 23.4. The van der Waals surface area contributed by atoms with Crippen LogP contribution in [0.1, 0.15) is 65.3 Å². The minimum atomic E-state index is -0.389. The number of nitrogen functional groups attached to an aromatic ring is 1. The van der Waals surface area contributed by atoms with E-state index in [0.29, 0.717) is 30.5 Å². The van der Waals surface area contributed by atoms with E-state index in [-0.39, 0.29) is 40.9 Å². The molecule has 0 radical (unpaired) electrons. The van der Waals surface area contributed by atoms with Gasteiger partial charge in [0.1, 0.15) is 17.7 Å². The monoisotopic (exact) mass is 567 g/mol. The molecule has 1 amide bonds. The van der Waals surface area contributed by atoms with Crippen LogP contribution in [0.15, 0.2) is 66.5 Å². The fourth-order valence-corrected chi connectivity index (χ4v) is 5.17. The third kappa shape index (κ3) is 6.72. The molecule has 3 atom stereocenters. The van der Waals surface area contributed by atoms with Crippen LogP contribution in [-0.4, -0.2) is 46.5 Å². The molecule has 0 spiro atoms. The van der Waals surface area contributed by atoms with Crippen LogP contribution < -0.4 is 27.0 Å². The molecule has 10 nitrogen and oxygen atoms in total. The van der Waals surface area contributed by atoms with Gasteiger partial charge in [0.25, 0.3) is 5.91 Å². The molecule has 0 saturated carbocycles. The lowest BCUT2D eigenvalue weighted by Gasteiger charge is -2.32. The Morgan fingerprint density at radius 3 is 2.79 bits per heavy atom. The van der Waals surface area contributed by atoms with E-state index in [1.807, 2.05) is 19.1 Å². The maximum atomic E-state index is 13.3. The molecule has 216 valence electrons. The zero-order chi connectivity index (χ0) is 29.6. The van der Waals surface area contributed by atoms with Crippen LogP contribution in [-0.2, 0) is 0 Å². The van der Waals surface area contributed by atoms with Gasteiger partial charge in [0.15, 0.2) is 11.6 Å². The number of piperidine rings is 1. The van der Waals surface area contributed by atoms with Crippen LogP contribution in [0, 0.1) is 17.1 Å². The summed E-state index contributed by atoms with van der Waals surface area (Å²) in [5, 5.41) is 15.5. The molecule has 2 aliphatic rings. The third-order valence-corrected chi connectivity index (χ3v) is 7.55. The summed E-state index contributed by atoms with van der Waals surface area (Å²) >= 11 is 0. The second-order valence-electron chi connectivity index (χ2n) is 10.7. The fourth-order valence-electron chi connectivity index (χ4n) is 5.17. The zero-order valence-corrected chi connectivity index (χ0v) is 23.4. The molecule has 5 rings (SSSR count). The SMILES string of the molecule is CC(NC(=O)c1cc(C#N)cnc1NCC1=CCC(c2cnc(N)c(N3CCC[C@@H](N)C3)n2)C=C1)c1ccc(F)cc1. The van der Waals surface area contributed by atoms with E-state index in [0.717, 1.165) is 42.6 Å². The number of nitriles is 1. The first-order valence-corrected chi connectivity index (χ1v) is 14.0. The van der Waals surface area contributed by atoms with Crippen LogP contribution in [0.25, 0.3) is 0 Å². The highest BCUT2D eigenvalue weighted by atomic mass is 19.1. The first-order chi connectivity index (χ1) is 20.3. The molecule has 6 N–H and O–H groups in total. The summed E-state index contributed by atoms with van der Waals surface area (Å²) in [5.41, 5.74) is 15.5. The number of rotatable bonds is 8. The lowest BCUT2D eigenvalue weighted by molar-refractivity contribution is 0.0940. The molecule has 11 heteroatoms. The summed E-state index contributed by atoms with van der Waals surface area (Å²) in [7, 11) is 0. The number of hydrogen-bond acceptors (Lipinski definition) is 9. The number of anilines is 3. The van der Waals surface area contributed by atoms with Crippen molar-refractivity contribution in [3.8, 4) is 6.07 Å². The predicted octanol–water partition coefficient (Wildman–Crippen LogP) is 3.97. The maximum Gasteiger partial charge on any atom is 0.255 e. The Hall–Kier alpha value is -4.82. The second kappa shape index (κ2) is 12.8. The van der Waals surface area contributed by atoms with Gasteiger partial charge in [0.05, 0.1) is 29.1 Å². The Bertz CT molecular complexity index is 1550. The molecule has 42 heavy (non-hydrogen) atoms. The van der Waals surface area contributed by atoms with Gasteiger partial charge in [0, 0.05) is 37.8 Å². The van der Waals surface area contributed by atoms with Crippen LogP contribution in [0.2, 0.25) is 0 Å². The van der Waals surface area contributed by atoms with Crippen LogP contribution in [0.5, 0.6) is 0 Å². The van der Waals surface area contributed by atoms with Gasteiger partial charge >= 0.3 is 0 Å². The van der Waals surface area contributed by atoms with Gasteiger partial charge in [-0.1, -0.05) is 30.4 Å². The smallest absolute Gasteiger partial charge is 0.255 e. The highest BCUT2D eigenvalue weighted by Gasteiger charge is 2.23. The van der Waals surface area contributed by atoms with E-state index in [9.17, 15) is 14.4 Å². The summed E-state index contributed by atoms with van der Waals surface area (Å²) in [6, 6.07) is 9.22. The van der Waals surface area contributed by atoms with Crippen molar-refractivity contribution in [2.45, 2.75) is 44.2 Å². The highest BCUT2D eigenvalue weighted by molar-refractivity contribution is 5.99.